The highest BCUT2D eigenvalue weighted by Gasteiger charge is 2.53. The van der Waals surface area contributed by atoms with E-state index in [-0.39, 0.29) is 22.5 Å². The van der Waals surface area contributed by atoms with Crippen molar-refractivity contribution < 1.29 is 17.9 Å². The molecule has 1 aliphatic rings. The van der Waals surface area contributed by atoms with Gasteiger partial charge in [-0.1, -0.05) is 94.3 Å². The van der Waals surface area contributed by atoms with E-state index in [0.29, 0.717) is 22.4 Å². The number of amides is 1. The van der Waals surface area contributed by atoms with Crippen LogP contribution < -0.4 is 4.74 Å². The van der Waals surface area contributed by atoms with Crippen molar-refractivity contribution in [2.24, 2.45) is 0 Å². The second kappa shape index (κ2) is 10.8. The third kappa shape index (κ3) is 4.70. The molecule has 1 atom stereocenters. The zero-order chi connectivity index (χ0) is 28.8. The summed E-state index contributed by atoms with van der Waals surface area (Å²) in [6.07, 6.45) is 0. The lowest BCUT2D eigenvalue weighted by molar-refractivity contribution is 0.0643. The third-order valence-corrected chi connectivity index (χ3v) is 11.1. The Bertz CT molecular complexity index is 1860. The van der Waals surface area contributed by atoms with Crippen LogP contribution >= 0.6 is 31.9 Å². The minimum Gasteiger partial charge on any atom is -0.489 e. The minimum absolute atomic E-state index is 0.0648. The average molecular weight is 694 g/mol. The lowest BCUT2D eigenvalue weighted by atomic mass is 9.89. The fourth-order valence-electron chi connectivity index (χ4n) is 5.40. The molecule has 0 aliphatic carbocycles. The second-order valence-electron chi connectivity index (χ2n) is 10.1. The van der Waals surface area contributed by atoms with Crippen molar-refractivity contribution in [1.29, 1.82) is 0 Å². The first-order valence-electron chi connectivity index (χ1n) is 13.0. The number of rotatable bonds is 7. The molecule has 1 aromatic heterocycles. The Morgan fingerprint density at radius 1 is 0.902 bits per heavy atom. The molecule has 0 fully saturated rings. The summed E-state index contributed by atoms with van der Waals surface area (Å²) in [5.41, 5.74) is 2.55. The smallest absolute Gasteiger partial charge is 0.286 e. The molecular weight excluding hydrogens is 668 g/mol. The van der Waals surface area contributed by atoms with Crippen LogP contribution in [-0.4, -0.2) is 28.5 Å². The number of ether oxygens (including phenoxy) is 1. The highest BCUT2D eigenvalue weighted by molar-refractivity contribution is 9.10. The Labute approximate surface area is 255 Å². The van der Waals surface area contributed by atoms with E-state index in [0.717, 1.165) is 26.3 Å². The average Bonchev–Trinajstić information content (AvgIpc) is 3.27. The standard InChI is InChI=1S/C32H26Br2N2O4S/c1-22-12-15-26(16-13-22)41(38,39)36-31(37)30-29(34)27-18-25(40-19-23-8-4-2-5-9-23)14-17-28(27)35(30)21-32(36,20-33)24-10-6-3-7-11-24/h2-18H,19-21H2,1H3/t32-/m0/s1. The number of nitrogens with zero attached hydrogens (tertiary/aromatic N) is 2. The van der Waals surface area contributed by atoms with Crippen LogP contribution in [0.3, 0.4) is 0 Å². The van der Waals surface area contributed by atoms with Crippen molar-refractivity contribution in [1.82, 2.24) is 8.87 Å². The van der Waals surface area contributed by atoms with Crippen molar-refractivity contribution >= 4 is 58.7 Å². The molecule has 1 aliphatic heterocycles. The number of halogens is 2. The molecule has 0 radical (unpaired) electrons. The van der Waals surface area contributed by atoms with Crippen LogP contribution in [0.4, 0.5) is 0 Å². The van der Waals surface area contributed by atoms with E-state index in [1.54, 1.807) is 24.3 Å². The molecular formula is C32H26Br2N2O4S. The number of fused-ring (bicyclic) bond motifs is 3. The molecule has 41 heavy (non-hydrogen) atoms. The Morgan fingerprint density at radius 3 is 2.22 bits per heavy atom. The fourth-order valence-corrected chi connectivity index (χ4v) is 8.70. The van der Waals surface area contributed by atoms with Crippen molar-refractivity contribution in [3.05, 3.63) is 130 Å². The molecule has 0 N–H and O–H groups in total. The molecule has 0 unspecified atom stereocenters. The van der Waals surface area contributed by atoms with Gasteiger partial charge in [0.15, 0.2) is 0 Å². The van der Waals surface area contributed by atoms with E-state index < -0.39 is 21.5 Å². The maximum Gasteiger partial charge on any atom is 0.286 e. The number of aryl methyl sites for hydroxylation is 1. The fraction of sp³-hybridized carbons (Fsp3) is 0.156. The van der Waals surface area contributed by atoms with E-state index in [1.807, 2.05) is 90.4 Å². The van der Waals surface area contributed by atoms with Crippen molar-refractivity contribution in [2.75, 3.05) is 5.33 Å². The Morgan fingerprint density at radius 2 is 1.56 bits per heavy atom. The highest BCUT2D eigenvalue weighted by atomic mass is 79.9. The summed E-state index contributed by atoms with van der Waals surface area (Å²) in [6, 6.07) is 31.5. The number of benzene rings is 4. The quantitative estimate of drug-likeness (QED) is 0.166. The number of hydrogen-bond acceptors (Lipinski definition) is 4. The molecule has 6 nitrogen and oxygen atoms in total. The molecule has 0 saturated heterocycles. The van der Waals surface area contributed by atoms with Crippen molar-refractivity contribution in [2.45, 2.75) is 30.5 Å². The van der Waals surface area contributed by atoms with Gasteiger partial charge in [0, 0.05) is 10.7 Å². The van der Waals surface area contributed by atoms with E-state index in [1.165, 1.54) is 0 Å². The molecule has 1 amide bonds. The number of aromatic nitrogens is 1. The maximum atomic E-state index is 14.5. The van der Waals surface area contributed by atoms with Gasteiger partial charge in [0.1, 0.15) is 23.6 Å². The normalized spacial score (nSPS) is 17.0. The molecule has 208 valence electrons. The molecule has 2 heterocycles. The zero-order valence-electron chi connectivity index (χ0n) is 22.1. The number of carbonyl (C=O) groups is 1. The van der Waals surface area contributed by atoms with E-state index >= 15 is 0 Å². The largest absolute Gasteiger partial charge is 0.489 e. The first kappa shape index (κ1) is 27.8. The van der Waals surface area contributed by atoms with Gasteiger partial charge >= 0.3 is 0 Å². The van der Waals surface area contributed by atoms with Crippen LogP contribution in [-0.2, 0) is 28.7 Å². The second-order valence-corrected chi connectivity index (χ2v) is 13.3. The van der Waals surface area contributed by atoms with E-state index in [4.69, 9.17) is 4.74 Å². The zero-order valence-corrected chi connectivity index (χ0v) is 26.1. The summed E-state index contributed by atoms with van der Waals surface area (Å²) in [5, 5.41) is 0.973. The molecule has 0 saturated carbocycles. The van der Waals surface area contributed by atoms with Crippen LogP contribution in [0.15, 0.2) is 112 Å². The molecule has 4 aromatic carbocycles. The predicted octanol–water partition coefficient (Wildman–Crippen LogP) is 7.43. The van der Waals surface area contributed by atoms with Crippen LogP contribution in [0.25, 0.3) is 10.9 Å². The van der Waals surface area contributed by atoms with Gasteiger partial charge in [-0.15, -0.1) is 0 Å². The highest BCUT2D eigenvalue weighted by Crippen LogP contribution is 2.46. The predicted molar refractivity (Wildman–Crippen MR) is 167 cm³/mol. The van der Waals surface area contributed by atoms with Crippen LogP contribution in [0, 0.1) is 6.92 Å². The number of sulfonamides is 1. The van der Waals surface area contributed by atoms with Gasteiger partial charge in [-0.05, 0) is 64.3 Å². The number of hydrogen-bond donors (Lipinski definition) is 0. The van der Waals surface area contributed by atoms with Gasteiger partial charge in [0.25, 0.3) is 15.9 Å². The molecule has 0 bridgehead atoms. The summed E-state index contributed by atoms with van der Waals surface area (Å²) < 4.78 is 38.2. The molecule has 5 aromatic rings. The van der Waals surface area contributed by atoms with Crippen LogP contribution in [0.2, 0.25) is 0 Å². The minimum atomic E-state index is -4.25. The number of alkyl halides is 1. The van der Waals surface area contributed by atoms with Crippen molar-refractivity contribution in [3.8, 4) is 5.75 Å². The topological polar surface area (TPSA) is 68.6 Å². The van der Waals surface area contributed by atoms with Gasteiger partial charge in [0.2, 0.25) is 0 Å². The maximum absolute atomic E-state index is 14.5. The molecule has 0 spiro atoms. The Hall–Kier alpha value is -3.40. The first-order valence-corrected chi connectivity index (χ1v) is 16.4. The molecule has 9 heteroatoms. The van der Waals surface area contributed by atoms with Gasteiger partial charge in [-0.3, -0.25) is 4.79 Å². The van der Waals surface area contributed by atoms with Crippen LogP contribution in [0.1, 0.15) is 27.2 Å². The Kier molecular flexibility index (Phi) is 7.30. The summed E-state index contributed by atoms with van der Waals surface area (Å²) in [7, 11) is -4.25. The SMILES string of the molecule is Cc1ccc(S(=O)(=O)N2C(=O)c3c(Br)c4cc(OCc5ccccc5)ccc4n3C[C@@]2(CBr)c2ccccc2)cc1. The molecule has 6 rings (SSSR count). The van der Waals surface area contributed by atoms with Gasteiger partial charge in [-0.2, -0.15) is 0 Å². The first-order chi connectivity index (χ1) is 19.8. The van der Waals surface area contributed by atoms with E-state index in [9.17, 15) is 13.2 Å². The van der Waals surface area contributed by atoms with Crippen molar-refractivity contribution in [3.63, 3.8) is 0 Å². The van der Waals surface area contributed by atoms with Crippen LogP contribution in [0.5, 0.6) is 5.75 Å². The summed E-state index contributed by atoms with van der Waals surface area (Å²) in [5.74, 6) is 0.0475. The number of carbonyl (C=O) groups excluding carboxylic acids is 1. The monoisotopic (exact) mass is 692 g/mol. The van der Waals surface area contributed by atoms with Gasteiger partial charge in [0.05, 0.1) is 21.4 Å². The summed E-state index contributed by atoms with van der Waals surface area (Å²) in [6.45, 7) is 2.52. The lowest BCUT2D eigenvalue weighted by Gasteiger charge is -2.46. The lowest BCUT2D eigenvalue weighted by Crippen LogP contribution is -2.59. The van der Waals surface area contributed by atoms with E-state index in [2.05, 4.69) is 31.9 Å². The Balaban J connectivity index is 1.51. The third-order valence-electron chi connectivity index (χ3n) is 7.51. The summed E-state index contributed by atoms with van der Waals surface area (Å²) >= 11 is 7.28. The van der Waals surface area contributed by atoms with Gasteiger partial charge < -0.3 is 9.30 Å². The van der Waals surface area contributed by atoms with Gasteiger partial charge in [-0.25, -0.2) is 12.7 Å². The summed E-state index contributed by atoms with van der Waals surface area (Å²) in [4.78, 5) is 14.5.